The van der Waals surface area contributed by atoms with Crippen LogP contribution in [-0.4, -0.2) is 11.1 Å². The number of carboxylic acids is 1. The molecule has 2 rings (SSSR count). The van der Waals surface area contributed by atoms with Gasteiger partial charge in [0.2, 0.25) is 0 Å². The molecule has 5 heteroatoms. The first-order valence-electron chi connectivity index (χ1n) is 3.42. The van der Waals surface area contributed by atoms with Crippen molar-refractivity contribution < 1.29 is 9.90 Å². The topological polar surface area (TPSA) is 73.4 Å². The van der Waals surface area contributed by atoms with E-state index in [1.807, 2.05) is 0 Å². The molecule has 12 heavy (non-hydrogen) atoms. The molecule has 62 valence electrons. The molecule has 0 amide bonds. The van der Waals surface area contributed by atoms with Crippen molar-refractivity contribution in [2.75, 3.05) is 10.9 Å². The van der Waals surface area contributed by atoms with E-state index in [9.17, 15) is 4.79 Å². The SMILES string of the molecule is O=C(O)c1ccc2c(c1)NNN2. The highest BCUT2D eigenvalue weighted by molar-refractivity contribution is 5.91. The largest absolute Gasteiger partial charge is 0.478 e. The Labute approximate surface area is 68.3 Å². The molecule has 0 saturated heterocycles. The van der Waals surface area contributed by atoms with Crippen molar-refractivity contribution in [2.45, 2.75) is 0 Å². The molecule has 1 aromatic rings. The first-order chi connectivity index (χ1) is 5.77. The molecular formula is C7H7N3O2. The maximum absolute atomic E-state index is 10.5. The molecule has 5 nitrogen and oxygen atoms in total. The van der Waals surface area contributed by atoms with Crippen LogP contribution in [0, 0.1) is 0 Å². The molecule has 4 N–H and O–H groups in total. The zero-order valence-electron chi connectivity index (χ0n) is 6.09. The summed E-state index contributed by atoms with van der Waals surface area (Å²) in [6.07, 6.45) is 0. The highest BCUT2D eigenvalue weighted by atomic mass is 16.4. The Balaban J connectivity index is 2.45. The van der Waals surface area contributed by atoms with E-state index >= 15 is 0 Å². The Morgan fingerprint density at radius 3 is 2.75 bits per heavy atom. The molecule has 0 atom stereocenters. The van der Waals surface area contributed by atoms with Gasteiger partial charge in [-0.2, -0.15) is 0 Å². The third kappa shape index (κ3) is 0.960. The molecule has 0 radical (unpaired) electrons. The third-order valence-corrected chi connectivity index (χ3v) is 1.66. The monoisotopic (exact) mass is 165 g/mol. The Morgan fingerprint density at radius 2 is 2.00 bits per heavy atom. The lowest BCUT2D eigenvalue weighted by atomic mass is 10.2. The van der Waals surface area contributed by atoms with E-state index in [4.69, 9.17) is 5.11 Å². The molecule has 0 aliphatic carbocycles. The predicted octanol–water partition coefficient (Wildman–Crippen LogP) is 0.642. The Hall–Kier alpha value is -1.75. The zero-order chi connectivity index (χ0) is 8.55. The lowest BCUT2D eigenvalue weighted by molar-refractivity contribution is 0.0697. The van der Waals surface area contributed by atoms with E-state index in [2.05, 4.69) is 16.4 Å². The molecule has 0 bridgehead atoms. The highest BCUT2D eigenvalue weighted by Gasteiger charge is 2.11. The first-order valence-corrected chi connectivity index (χ1v) is 3.42. The second kappa shape index (κ2) is 2.38. The Morgan fingerprint density at radius 1 is 1.25 bits per heavy atom. The van der Waals surface area contributed by atoms with Gasteiger partial charge in [0, 0.05) is 0 Å². The number of carbonyl (C=O) groups is 1. The van der Waals surface area contributed by atoms with Crippen molar-refractivity contribution >= 4 is 17.3 Å². The number of benzene rings is 1. The van der Waals surface area contributed by atoms with Crippen LogP contribution in [0.15, 0.2) is 18.2 Å². The zero-order valence-corrected chi connectivity index (χ0v) is 6.09. The minimum absolute atomic E-state index is 0.270. The van der Waals surface area contributed by atoms with Gasteiger partial charge in [0.25, 0.3) is 0 Å². The molecule has 1 aliphatic rings. The van der Waals surface area contributed by atoms with Gasteiger partial charge in [-0.1, -0.05) is 0 Å². The number of hydrazine groups is 2. The van der Waals surface area contributed by atoms with Crippen LogP contribution in [0.2, 0.25) is 0 Å². The van der Waals surface area contributed by atoms with Gasteiger partial charge in [-0.25, -0.2) is 4.79 Å². The summed E-state index contributed by atoms with van der Waals surface area (Å²) in [5, 5.41) is 8.65. The highest BCUT2D eigenvalue weighted by Crippen LogP contribution is 2.24. The van der Waals surface area contributed by atoms with E-state index in [0.29, 0.717) is 0 Å². The number of aromatic carboxylic acids is 1. The van der Waals surface area contributed by atoms with E-state index in [1.54, 1.807) is 18.2 Å². The van der Waals surface area contributed by atoms with Crippen molar-refractivity contribution in [3.8, 4) is 0 Å². The van der Waals surface area contributed by atoms with Gasteiger partial charge in [-0.15, -0.1) is 5.53 Å². The number of anilines is 2. The number of hydrogen-bond acceptors (Lipinski definition) is 4. The molecule has 1 heterocycles. The van der Waals surface area contributed by atoms with Gasteiger partial charge in [-0.3, -0.25) is 0 Å². The summed E-state index contributed by atoms with van der Waals surface area (Å²) in [4.78, 5) is 10.5. The lowest BCUT2D eigenvalue weighted by Gasteiger charge is -1.97. The van der Waals surface area contributed by atoms with Gasteiger partial charge in [0.15, 0.2) is 0 Å². The van der Waals surface area contributed by atoms with Gasteiger partial charge in [-0.05, 0) is 18.2 Å². The first kappa shape index (κ1) is 6.93. The number of nitrogens with one attached hydrogen (secondary N) is 3. The minimum Gasteiger partial charge on any atom is -0.478 e. The van der Waals surface area contributed by atoms with Gasteiger partial charge < -0.3 is 16.0 Å². The standard InChI is InChI=1S/C7H7N3O2/c11-7(12)4-1-2-5-6(3-4)9-10-8-5/h1-3,8-10H,(H,11,12). The van der Waals surface area contributed by atoms with E-state index < -0.39 is 5.97 Å². The average molecular weight is 165 g/mol. The van der Waals surface area contributed by atoms with Crippen LogP contribution in [-0.2, 0) is 0 Å². The Bertz CT molecular complexity index is 337. The summed E-state index contributed by atoms with van der Waals surface area (Å²) in [7, 11) is 0. The van der Waals surface area contributed by atoms with Gasteiger partial charge >= 0.3 is 5.97 Å². The molecule has 0 aromatic heterocycles. The van der Waals surface area contributed by atoms with Gasteiger partial charge in [0.05, 0.1) is 16.9 Å². The maximum atomic E-state index is 10.5. The number of hydrogen-bond donors (Lipinski definition) is 4. The molecular weight excluding hydrogens is 158 g/mol. The molecule has 0 saturated carbocycles. The summed E-state index contributed by atoms with van der Waals surface area (Å²) in [6.45, 7) is 0. The van der Waals surface area contributed by atoms with Crippen LogP contribution < -0.4 is 16.4 Å². The summed E-state index contributed by atoms with van der Waals surface area (Å²) in [6, 6.07) is 4.80. The fraction of sp³-hybridized carbons (Fsp3) is 0. The quantitative estimate of drug-likeness (QED) is 0.491. The van der Waals surface area contributed by atoms with Crippen molar-refractivity contribution in [1.82, 2.24) is 5.53 Å². The maximum Gasteiger partial charge on any atom is 0.335 e. The summed E-state index contributed by atoms with van der Waals surface area (Å²) in [5.74, 6) is -0.925. The summed E-state index contributed by atoms with van der Waals surface area (Å²) >= 11 is 0. The molecule has 1 aromatic carbocycles. The van der Waals surface area contributed by atoms with Crippen molar-refractivity contribution in [3.05, 3.63) is 23.8 Å². The van der Waals surface area contributed by atoms with E-state index in [-0.39, 0.29) is 5.56 Å². The molecule has 0 spiro atoms. The number of fused-ring (bicyclic) bond motifs is 1. The second-order valence-corrected chi connectivity index (χ2v) is 2.44. The van der Waals surface area contributed by atoms with Gasteiger partial charge in [0.1, 0.15) is 0 Å². The molecule has 1 aliphatic heterocycles. The fourth-order valence-corrected chi connectivity index (χ4v) is 1.06. The van der Waals surface area contributed by atoms with Crippen LogP contribution >= 0.6 is 0 Å². The predicted molar refractivity (Wildman–Crippen MR) is 43.8 cm³/mol. The van der Waals surface area contributed by atoms with Crippen LogP contribution in [0.5, 0.6) is 0 Å². The van der Waals surface area contributed by atoms with E-state index in [0.717, 1.165) is 11.4 Å². The van der Waals surface area contributed by atoms with Crippen LogP contribution in [0.3, 0.4) is 0 Å². The Kier molecular flexibility index (Phi) is 1.38. The molecule has 0 fully saturated rings. The molecule has 0 unspecified atom stereocenters. The summed E-state index contributed by atoms with van der Waals surface area (Å²) < 4.78 is 0. The smallest absolute Gasteiger partial charge is 0.335 e. The van der Waals surface area contributed by atoms with Crippen LogP contribution in [0.25, 0.3) is 0 Å². The van der Waals surface area contributed by atoms with Crippen LogP contribution in [0.4, 0.5) is 11.4 Å². The second-order valence-electron chi connectivity index (χ2n) is 2.44. The van der Waals surface area contributed by atoms with Crippen molar-refractivity contribution in [1.29, 1.82) is 0 Å². The number of carboxylic acid groups (broad SMARTS) is 1. The average Bonchev–Trinajstić information content (AvgIpc) is 2.49. The summed E-state index contributed by atoms with van der Waals surface area (Å²) in [5.41, 5.74) is 10.1. The van der Waals surface area contributed by atoms with Crippen molar-refractivity contribution in [2.24, 2.45) is 0 Å². The van der Waals surface area contributed by atoms with E-state index in [1.165, 1.54) is 0 Å². The lowest BCUT2D eigenvalue weighted by Crippen LogP contribution is -2.19. The van der Waals surface area contributed by atoms with Crippen molar-refractivity contribution in [3.63, 3.8) is 0 Å². The minimum atomic E-state index is -0.925. The fourth-order valence-electron chi connectivity index (χ4n) is 1.06. The number of rotatable bonds is 1. The third-order valence-electron chi connectivity index (χ3n) is 1.66. The normalized spacial score (nSPS) is 13.0. The van der Waals surface area contributed by atoms with Crippen LogP contribution in [0.1, 0.15) is 10.4 Å².